The number of nitrogens with zero attached hydrogens (tertiary/aromatic N) is 3. The van der Waals surface area contributed by atoms with Crippen LogP contribution in [-0.2, 0) is 22.6 Å². The molecule has 2 aromatic carbocycles. The van der Waals surface area contributed by atoms with Crippen LogP contribution in [0.2, 0.25) is 0 Å². The fraction of sp³-hybridized carbons (Fsp3) is 0.261. The molecule has 5 rings (SSSR count). The normalized spacial score (nSPS) is 17.6. The predicted octanol–water partition coefficient (Wildman–Crippen LogP) is 3.35. The van der Waals surface area contributed by atoms with Crippen molar-refractivity contribution in [1.29, 1.82) is 0 Å². The van der Waals surface area contributed by atoms with Crippen molar-refractivity contribution in [3.63, 3.8) is 0 Å². The van der Waals surface area contributed by atoms with Gasteiger partial charge >= 0.3 is 12.1 Å². The Labute approximate surface area is 173 Å². The number of aliphatic carboxylic acids is 1. The SMILES string of the molecule is O=C(O)C1CN(C(=O)OCC2c3ccccc3-c3ccccc32)Cc2ccnn2C1. The van der Waals surface area contributed by atoms with Gasteiger partial charge in [-0.2, -0.15) is 5.10 Å². The summed E-state index contributed by atoms with van der Waals surface area (Å²) < 4.78 is 7.37. The highest BCUT2D eigenvalue weighted by atomic mass is 16.6. The van der Waals surface area contributed by atoms with Crippen molar-refractivity contribution in [3.8, 4) is 11.1 Å². The molecule has 0 saturated carbocycles. The Morgan fingerprint density at radius 3 is 2.33 bits per heavy atom. The minimum Gasteiger partial charge on any atom is -0.481 e. The lowest BCUT2D eigenvalue weighted by Crippen LogP contribution is -2.37. The predicted molar refractivity (Wildman–Crippen MR) is 109 cm³/mol. The van der Waals surface area contributed by atoms with E-state index in [9.17, 15) is 14.7 Å². The van der Waals surface area contributed by atoms with E-state index in [1.54, 1.807) is 16.9 Å². The third kappa shape index (κ3) is 3.12. The molecule has 0 saturated heterocycles. The van der Waals surface area contributed by atoms with Crippen molar-refractivity contribution in [2.24, 2.45) is 5.92 Å². The van der Waals surface area contributed by atoms with Crippen LogP contribution in [0.5, 0.6) is 0 Å². The zero-order valence-corrected chi connectivity index (χ0v) is 16.3. The monoisotopic (exact) mass is 403 g/mol. The van der Waals surface area contributed by atoms with Crippen molar-refractivity contribution in [1.82, 2.24) is 14.7 Å². The molecule has 30 heavy (non-hydrogen) atoms. The van der Waals surface area contributed by atoms with E-state index in [2.05, 4.69) is 29.4 Å². The first-order chi connectivity index (χ1) is 14.6. The molecule has 1 N–H and O–H groups in total. The van der Waals surface area contributed by atoms with Gasteiger partial charge in [0.15, 0.2) is 0 Å². The first-order valence-electron chi connectivity index (χ1n) is 9.95. The van der Waals surface area contributed by atoms with Gasteiger partial charge in [0.05, 0.1) is 24.7 Å². The number of amides is 1. The third-order valence-corrected chi connectivity index (χ3v) is 5.93. The minimum absolute atomic E-state index is 0.0332. The first kappa shape index (κ1) is 18.4. The second-order valence-corrected chi connectivity index (χ2v) is 7.72. The third-order valence-electron chi connectivity index (χ3n) is 5.93. The Morgan fingerprint density at radius 2 is 1.67 bits per heavy atom. The van der Waals surface area contributed by atoms with Gasteiger partial charge in [0.1, 0.15) is 6.61 Å². The lowest BCUT2D eigenvalue weighted by atomic mass is 9.98. The van der Waals surface area contributed by atoms with Crippen LogP contribution in [0.4, 0.5) is 4.79 Å². The Bertz CT molecular complexity index is 1080. The summed E-state index contributed by atoms with van der Waals surface area (Å²) in [5.41, 5.74) is 5.41. The highest BCUT2D eigenvalue weighted by Gasteiger charge is 2.33. The van der Waals surface area contributed by atoms with Crippen LogP contribution in [0.3, 0.4) is 0 Å². The number of hydrogen-bond acceptors (Lipinski definition) is 4. The summed E-state index contributed by atoms with van der Waals surface area (Å²) >= 11 is 0. The maximum atomic E-state index is 12.9. The summed E-state index contributed by atoms with van der Waals surface area (Å²) in [6, 6.07) is 18.1. The summed E-state index contributed by atoms with van der Waals surface area (Å²) in [5, 5.41) is 13.7. The fourth-order valence-corrected chi connectivity index (χ4v) is 4.43. The molecular formula is C23H21N3O4. The molecule has 1 unspecified atom stereocenters. The number of carbonyl (C=O) groups excluding carboxylic acids is 1. The van der Waals surface area contributed by atoms with Crippen LogP contribution in [0.25, 0.3) is 11.1 Å². The number of ether oxygens (including phenoxy) is 1. The Hall–Kier alpha value is -3.61. The smallest absolute Gasteiger partial charge is 0.410 e. The molecule has 0 spiro atoms. The van der Waals surface area contributed by atoms with Crippen molar-refractivity contribution < 1.29 is 19.4 Å². The number of fused-ring (bicyclic) bond motifs is 4. The van der Waals surface area contributed by atoms with E-state index in [4.69, 9.17) is 4.74 Å². The molecule has 1 amide bonds. The van der Waals surface area contributed by atoms with Crippen LogP contribution in [0.1, 0.15) is 22.7 Å². The number of rotatable bonds is 3. The number of carbonyl (C=O) groups is 2. The number of carboxylic acid groups (broad SMARTS) is 1. The first-order valence-corrected chi connectivity index (χ1v) is 9.95. The molecule has 0 bridgehead atoms. The van der Waals surface area contributed by atoms with Crippen LogP contribution in [0, 0.1) is 5.92 Å². The molecule has 1 aliphatic heterocycles. The van der Waals surface area contributed by atoms with Gasteiger partial charge in [0.25, 0.3) is 0 Å². The molecule has 0 fully saturated rings. The van der Waals surface area contributed by atoms with Crippen LogP contribution in [-0.4, -0.2) is 45.0 Å². The van der Waals surface area contributed by atoms with Crippen LogP contribution in [0.15, 0.2) is 60.8 Å². The molecule has 2 heterocycles. The van der Waals surface area contributed by atoms with Crippen molar-refractivity contribution in [3.05, 3.63) is 77.6 Å². The molecule has 7 heteroatoms. The van der Waals surface area contributed by atoms with E-state index in [0.717, 1.165) is 16.8 Å². The maximum absolute atomic E-state index is 12.9. The van der Waals surface area contributed by atoms with Crippen LogP contribution < -0.4 is 0 Å². The largest absolute Gasteiger partial charge is 0.481 e. The summed E-state index contributed by atoms with van der Waals surface area (Å²) in [5.74, 6) is -1.71. The van der Waals surface area contributed by atoms with Crippen molar-refractivity contribution >= 4 is 12.1 Å². The molecule has 152 valence electrons. The van der Waals surface area contributed by atoms with Gasteiger partial charge in [-0.1, -0.05) is 48.5 Å². The lowest BCUT2D eigenvalue weighted by Gasteiger charge is -2.23. The number of benzene rings is 2. The number of hydrogen-bond donors (Lipinski definition) is 1. The Morgan fingerprint density at radius 1 is 1.00 bits per heavy atom. The summed E-state index contributed by atoms with van der Waals surface area (Å²) in [7, 11) is 0. The number of aromatic nitrogens is 2. The fourth-order valence-electron chi connectivity index (χ4n) is 4.43. The summed E-state index contributed by atoms with van der Waals surface area (Å²) in [6.45, 7) is 0.820. The minimum atomic E-state index is -0.949. The van der Waals surface area contributed by atoms with Gasteiger partial charge in [-0.15, -0.1) is 0 Å². The van der Waals surface area contributed by atoms with E-state index >= 15 is 0 Å². The highest BCUT2D eigenvalue weighted by Crippen LogP contribution is 2.44. The molecule has 3 aromatic rings. The highest BCUT2D eigenvalue weighted by molar-refractivity contribution is 5.79. The van der Waals surface area contributed by atoms with Crippen molar-refractivity contribution in [2.75, 3.05) is 13.2 Å². The Kier molecular flexibility index (Phi) is 4.50. The van der Waals surface area contributed by atoms with E-state index in [1.165, 1.54) is 16.0 Å². The zero-order valence-electron chi connectivity index (χ0n) is 16.3. The molecular weight excluding hydrogens is 382 g/mol. The quantitative estimate of drug-likeness (QED) is 0.725. The topological polar surface area (TPSA) is 84.7 Å². The summed E-state index contributed by atoms with van der Waals surface area (Å²) in [6.07, 6.45) is 1.12. The van der Waals surface area contributed by atoms with E-state index < -0.39 is 18.0 Å². The average Bonchev–Trinajstić information content (AvgIpc) is 3.27. The second kappa shape index (κ2) is 7.33. The van der Waals surface area contributed by atoms with Crippen LogP contribution >= 0.6 is 0 Å². The molecule has 7 nitrogen and oxygen atoms in total. The van der Waals surface area contributed by atoms with E-state index in [1.807, 2.05) is 24.3 Å². The number of carboxylic acids is 1. The van der Waals surface area contributed by atoms with Crippen molar-refractivity contribution in [2.45, 2.75) is 19.0 Å². The standard InChI is InChI=1S/C23H21N3O4/c27-22(28)15-11-25(13-16-9-10-24-26(16)12-15)23(29)30-14-21-19-7-3-1-5-17(19)18-6-2-4-8-20(18)21/h1-10,15,21H,11-14H2,(H,27,28). The van der Waals surface area contributed by atoms with Gasteiger partial charge in [-0.25, -0.2) is 4.79 Å². The van der Waals surface area contributed by atoms with Gasteiger partial charge in [0.2, 0.25) is 0 Å². The van der Waals surface area contributed by atoms with E-state index in [0.29, 0.717) is 0 Å². The average molecular weight is 403 g/mol. The lowest BCUT2D eigenvalue weighted by molar-refractivity contribution is -0.142. The molecule has 0 radical (unpaired) electrons. The molecule has 1 aromatic heterocycles. The van der Waals surface area contributed by atoms with Gasteiger partial charge in [0, 0.05) is 18.7 Å². The second-order valence-electron chi connectivity index (χ2n) is 7.72. The van der Waals surface area contributed by atoms with E-state index in [-0.39, 0.29) is 32.2 Å². The maximum Gasteiger partial charge on any atom is 0.410 e. The van der Waals surface area contributed by atoms with Gasteiger partial charge in [-0.05, 0) is 28.3 Å². The molecule has 1 atom stereocenters. The van der Waals surface area contributed by atoms with Gasteiger partial charge < -0.3 is 14.7 Å². The Balaban J connectivity index is 1.36. The molecule has 2 aliphatic rings. The van der Waals surface area contributed by atoms with Gasteiger partial charge in [-0.3, -0.25) is 9.48 Å². The molecule has 1 aliphatic carbocycles. The summed E-state index contributed by atoms with van der Waals surface area (Å²) in [4.78, 5) is 26.0. The zero-order chi connectivity index (χ0) is 20.7.